The average molecular weight is 425 g/mol. The summed E-state index contributed by atoms with van der Waals surface area (Å²) in [6.07, 6.45) is 7.67. The van der Waals surface area contributed by atoms with Crippen LogP contribution in [0.5, 0.6) is 0 Å². The third-order valence-electron chi connectivity index (χ3n) is 5.93. The zero-order valence-corrected chi connectivity index (χ0v) is 17.7. The summed E-state index contributed by atoms with van der Waals surface area (Å²) >= 11 is 1.76. The fourth-order valence-corrected chi connectivity index (χ4v) is 5.52. The minimum atomic E-state index is -0.317. The number of aromatic nitrogens is 4. The van der Waals surface area contributed by atoms with Crippen molar-refractivity contribution < 1.29 is 9.53 Å². The number of nitrogen functional groups attached to an aromatic ring is 1. The number of fused-ring (bicyclic) bond motifs is 2. The highest BCUT2D eigenvalue weighted by Gasteiger charge is 2.42. The Morgan fingerprint density at radius 1 is 1.30 bits per heavy atom. The molecule has 3 aromatic rings. The van der Waals surface area contributed by atoms with Crippen LogP contribution < -0.4 is 5.73 Å². The third kappa shape index (κ3) is 3.48. The predicted molar refractivity (Wildman–Crippen MR) is 114 cm³/mol. The third-order valence-corrected chi connectivity index (χ3v) is 7.14. The molecule has 1 spiro atoms. The molecule has 156 valence electrons. The van der Waals surface area contributed by atoms with Crippen molar-refractivity contribution in [3.63, 3.8) is 0 Å². The van der Waals surface area contributed by atoms with E-state index >= 15 is 0 Å². The Balaban J connectivity index is 1.32. The number of ether oxygens (including phenoxy) is 1. The van der Waals surface area contributed by atoms with Gasteiger partial charge in [-0.25, -0.2) is 9.97 Å². The second kappa shape index (κ2) is 7.48. The van der Waals surface area contributed by atoms with Gasteiger partial charge in [0.25, 0.3) is 0 Å². The van der Waals surface area contributed by atoms with Gasteiger partial charge in [0.15, 0.2) is 0 Å². The Bertz CT molecular complexity index is 1070. The van der Waals surface area contributed by atoms with Gasteiger partial charge in [-0.1, -0.05) is 0 Å². The van der Waals surface area contributed by atoms with Crippen LogP contribution in [-0.4, -0.2) is 50.3 Å². The molecule has 0 aliphatic carbocycles. The van der Waals surface area contributed by atoms with E-state index in [1.165, 1.54) is 10.4 Å². The Kier molecular flexibility index (Phi) is 4.79. The molecular formula is C21H24N6O2S. The molecule has 0 radical (unpaired) electrons. The maximum atomic E-state index is 12.7. The maximum absolute atomic E-state index is 12.7. The van der Waals surface area contributed by atoms with Crippen LogP contribution in [0.2, 0.25) is 0 Å². The van der Waals surface area contributed by atoms with E-state index in [-0.39, 0.29) is 18.1 Å². The van der Waals surface area contributed by atoms with Gasteiger partial charge >= 0.3 is 0 Å². The number of thiophene rings is 1. The molecule has 30 heavy (non-hydrogen) atoms. The molecule has 8 nitrogen and oxygen atoms in total. The van der Waals surface area contributed by atoms with E-state index in [4.69, 9.17) is 10.5 Å². The highest BCUT2D eigenvalue weighted by Crippen LogP contribution is 2.46. The monoisotopic (exact) mass is 424 g/mol. The van der Waals surface area contributed by atoms with E-state index < -0.39 is 0 Å². The minimum absolute atomic E-state index is 0.104. The molecule has 2 aliphatic rings. The van der Waals surface area contributed by atoms with Crippen molar-refractivity contribution in [1.82, 2.24) is 24.6 Å². The first-order valence-electron chi connectivity index (χ1n) is 10.2. The van der Waals surface area contributed by atoms with Crippen LogP contribution in [0.15, 0.2) is 30.7 Å². The molecule has 1 fully saturated rings. The molecule has 0 atom stereocenters. The number of carbonyl (C=O) groups excluding carboxylic acids is 1. The molecule has 5 rings (SSSR count). The van der Waals surface area contributed by atoms with E-state index in [2.05, 4.69) is 21.1 Å². The topological polar surface area (TPSA) is 99.2 Å². The predicted octanol–water partition coefficient (Wildman–Crippen LogP) is 2.38. The summed E-state index contributed by atoms with van der Waals surface area (Å²) in [6, 6.07) is 4.11. The quantitative estimate of drug-likeness (QED) is 0.693. The first-order valence-corrected chi connectivity index (χ1v) is 11.0. The van der Waals surface area contributed by atoms with Crippen molar-refractivity contribution >= 4 is 23.1 Å². The van der Waals surface area contributed by atoms with E-state index in [1.54, 1.807) is 28.4 Å². The summed E-state index contributed by atoms with van der Waals surface area (Å²) in [5, 5.41) is 4.32. The van der Waals surface area contributed by atoms with Gasteiger partial charge in [-0.15, -0.1) is 11.3 Å². The molecule has 2 N–H and O–H groups in total. The standard InChI is InChI=1S/C21H24N6O2S/c1-14-2-6-27(25-14)13-20(28)26-7-4-21(5-8-26)15-10-18(30-17(15)3-9-29-21)16-11-24-19(22)12-23-16/h2,6,10-12H,3-5,7-9,13H2,1H3,(H2,22,24). The van der Waals surface area contributed by atoms with E-state index in [0.717, 1.165) is 35.5 Å². The molecule has 1 saturated heterocycles. The lowest BCUT2D eigenvalue weighted by Crippen LogP contribution is -2.48. The molecule has 0 unspecified atom stereocenters. The highest BCUT2D eigenvalue weighted by molar-refractivity contribution is 7.15. The SMILES string of the molecule is Cc1ccn(CC(=O)N2CCC3(CC2)OCCc2sc(-c4cnc(N)cn4)cc23)n1. The first-order chi connectivity index (χ1) is 14.5. The summed E-state index contributed by atoms with van der Waals surface area (Å²) in [6.45, 7) is 4.29. The Labute approximate surface area is 178 Å². The molecule has 2 aliphatic heterocycles. The van der Waals surface area contributed by atoms with Gasteiger partial charge in [-0.2, -0.15) is 5.10 Å². The van der Waals surface area contributed by atoms with E-state index in [9.17, 15) is 4.79 Å². The van der Waals surface area contributed by atoms with Gasteiger partial charge in [-0.3, -0.25) is 9.48 Å². The average Bonchev–Trinajstić information content (AvgIpc) is 3.36. The van der Waals surface area contributed by atoms with Gasteiger partial charge in [-0.05, 0) is 37.5 Å². The van der Waals surface area contributed by atoms with Gasteiger partial charge < -0.3 is 15.4 Å². The van der Waals surface area contributed by atoms with Crippen molar-refractivity contribution in [2.45, 2.75) is 38.3 Å². The normalized spacial score (nSPS) is 17.8. The van der Waals surface area contributed by atoms with Crippen LogP contribution >= 0.6 is 11.3 Å². The molecule has 9 heteroatoms. The van der Waals surface area contributed by atoms with Crippen LogP contribution in [0.1, 0.15) is 29.0 Å². The second-order valence-corrected chi connectivity index (χ2v) is 9.04. The summed E-state index contributed by atoms with van der Waals surface area (Å²) in [4.78, 5) is 25.7. The lowest BCUT2D eigenvalue weighted by atomic mass is 9.82. The summed E-state index contributed by atoms with van der Waals surface area (Å²) in [5.74, 6) is 0.523. The van der Waals surface area contributed by atoms with E-state index in [0.29, 0.717) is 25.5 Å². The van der Waals surface area contributed by atoms with Gasteiger partial charge in [0.1, 0.15) is 12.4 Å². The van der Waals surface area contributed by atoms with Crippen LogP contribution in [-0.2, 0) is 28.1 Å². The number of amides is 1. The molecule has 3 aromatic heterocycles. The molecule has 1 amide bonds. The minimum Gasteiger partial charge on any atom is -0.382 e. The van der Waals surface area contributed by atoms with Crippen molar-refractivity contribution in [3.05, 3.63) is 46.9 Å². The lowest BCUT2D eigenvalue weighted by molar-refractivity contribution is -0.141. The van der Waals surface area contributed by atoms with Crippen LogP contribution in [0.4, 0.5) is 5.82 Å². The van der Waals surface area contributed by atoms with E-state index in [1.807, 2.05) is 24.1 Å². The number of nitrogens with zero attached hydrogens (tertiary/aromatic N) is 5. The van der Waals surface area contributed by atoms with Gasteiger partial charge in [0.2, 0.25) is 5.91 Å². The zero-order valence-electron chi connectivity index (χ0n) is 16.9. The molecule has 0 aromatic carbocycles. The van der Waals surface area contributed by atoms with Crippen molar-refractivity contribution in [2.24, 2.45) is 0 Å². The number of aryl methyl sites for hydroxylation is 1. The van der Waals surface area contributed by atoms with Crippen LogP contribution in [0, 0.1) is 6.92 Å². The largest absolute Gasteiger partial charge is 0.382 e. The highest BCUT2D eigenvalue weighted by atomic mass is 32.1. The van der Waals surface area contributed by atoms with Crippen molar-refractivity contribution in [1.29, 1.82) is 0 Å². The maximum Gasteiger partial charge on any atom is 0.244 e. The summed E-state index contributed by atoms with van der Waals surface area (Å²) in [7, 11) is 0. The van der Waals surface area contributed by atoms with Crippen molar-refractivity contribution in [2.75, 3.05) is 25.4 Å². The first kappa shape index (κ1) is 19.2. The second-order valence-electron chi connectivity index (χ2n) is 7.90. The number of piperidine rings is 1. The van der Waals surface area contributed by atoms with Crippen molar-refractivity contribution in [3.8, 4) is 10.6 Å². The van der Waals surface area contributed by atoms with Gasteiger partial charge in [0.05, 0.1) is 40.9 Å². The zero-order chi connectivity index (χ0) is 20.7. The Hall–Kier alpha value is -2.78. The molecule has 0 saturated carbocycles. The number of rotatable bonds is 3. The molecular weight excluding hydrogens is 400 g/mol. The Morgan fingerprint density at radius 2 is 2.13 bits per heavy atom. The fraction of sp³-hybridized carbons (Fsp3) is 0.429. The fourth-order valence-electron chi connectivity index (χ4n) is 4.33. The number of likely N-dealkylation sites (tertiary alicyclic amines) is 1. The summed E-state index contributed by atoms with van der Waals surface area (Å²) in [5.41, 5.74) is 8.36. The number of anilines is 1. The Morgan fingerprint density at radius 3 is 2.83 bits per heavy atom. The number of carbonyl (C=O) groups is 1. The molecule has 0 bridgehead atoms. The van der Waals surface area contributed by atoms with Crippen LogP contribution in [0.25, 0.3) is 10.6 Å². The number of nitrogens with two attached hydrogens (primary N) is 1. The number of hydrogen-bond donors (Lipinski definition) is 1. The summed E-state index contributed by atoms with van der Waals surface area (Å²) < 4.78 is 8.05. The lowest BCUT2D eigenvalue weighted by Gasteiger charge is -2.44. The number of hydrogen-bond acceptors (Lipinski definition) is 7. The smallest absolute Gasteiger partial charge is 0.244 e. The van der Waals surface area contributed by atoms with Gasteiger partial charge in [0, 0.05) is 30.6 Å². The molecule has 5 heterocycles. The van der Waals surface area contributed by atoms with Crippen LogP contribution in [0.3, 0.4) is 0 Å².